The normalized spacial score (nSPS) is 29.2. The fourth-order valence-corrected chi connectivity index (χ4v) is 4.24. The number of nitrogens with one attached hydrogen (secondary N) is 1. The van der Waals surface area contributed by atoms with E-state index in [1.165, 1.54) is 10.5 Å². The quantitative estimate of drug-likeness (QED) is 0.832. The van der Waals surface area contributed by atoms with E-state index in [-0.39, 0.29) is 17.9 Å². The molecule has 3 amide bonds. The van der Waals surface area contributed by atoms with Gasteiger partial charge in [-0.3, -0.25) is 9.69 Å². The molecule has 0 aromatic carbocycles. The molecule has 1 saturated carbocycles. The Morgan fingerprint density at radius 1 is 1.43 bits per heavy atom. The minimum absolute atomic E-state index is 0.0637. The number of urea groups is 1. The molecule has 2 atom stereocenters. The summed E-state index contributed by atoms with van der Waals surface area (Å²) >= 11 is 1.63. The minimum atomic E-state index is -0.737. The lowest BCUT2D eigenvalue weighted by atomic mass is 9.72. The van der Waals surface area contributed by atoms with Crippen molar-refractivity contribution in [2.24, 2.45) is 11.7 Å². The molecule has 1 aliphatic carbocycles. The Morgan fingerprint density at radius 2 is 2.29 bits per heavy atom. The van der Waals surface area contributed by atoms with Gasteiger partial charge in [-0.2, -0.15) is 11.3 Å². The van der Waals surface area contributed by atoms with Gasteiger partial charge in [0.2, 0.25) is 0 Å². The number of nitrogens with two attached hydrogens (primary N) is 1. The molecule has 2 aliphatic rings. The van der Waals surface area contributed by atoms with Gasteiger partial charge in [-0.1, -0.05) is 12.8 Å². The second-order valence-electron chi connectivity index (χ2n) is 5.92. The number of rotatable bonds is 4. The first kappa shape index (κ1) is 14.5. The van der Waals surface area contributed by atoms with E-state index in [9.17, 15) is 9.59 Å². The van der Waals surface area contributed by atoms with Crippen LogP contribution in [0.1, 0.15) is 31.2 Å². The van der Waals surface area contributed by atoms with E-state index in [4.69, 9.17) is 5.73 Å². The molecule has 1 aliphatic heterocycles. The van der Waals surface area contributed by atoms with Crippen LogP contribution in [0.25, 0.3) is 0 Å². The van der Waals surface area contributed by atoms with Crippen molar-refractivity contribution < 1.29 is 9.59 Å². The maximum absolute atomic E-state index is 12.8. The fourth-order valence-electron chi connectivity index (χ4n) is 3.53. The fraction of sp³-hybridized carbons (Fsp3) is 0.600. The van der Waals surface area contributed by atoms with Crippen LogP contribution < -0.4 is 11.1 Å². The number of nitrogens with zero attached hydrogens (tertiary/aromatic N) is 1. The van der Waals surface area contributed by atoms with Crippen molar-refractivity contribution in [3.05, 3.63) is 22.4 Å². The summed E-state index contributed by atoms with van der Waals surface area (Å²) in [6.07, 6.45) is 4.41. The van der Waals surface area contributed by atoms with Crippen molar-refractivity contribution in [1.82, 2.24) is 10.2 Å². The van der Waals surface area contributed by atoms with Crippen LogP contribution in [0.4, 0.5) is 4.79 Å². The van der Waals surface area contributed by atoms with Gasteiger partial charge >= 0.3 is 6.03 Å². The Hall–Kier alpha value is -1.40. The maximum atomic E-state index is 12.8. The first-order valence-corrected chi connectivity index (χ1v) is 8.47. The monoisotopic (exact) mass is 307 g/mol. The predicted molar refractivity (Wildman–Crippen MR) is 82.0 cm³/mol. The van der Waals surface area contributed by atoms with Gasteiger partial charge in [0, 0.05) is 12.5 Å². The predicted octanol–water partition coefficient (Wildman–Crippen LogP) is 1.73. The van der Waals surface area contributed by atoms with Crippen LogP contribution in [0.3, 0.4) is 0 Å². The van der Waals surface area contributed by atoms with Gasteiger partial charge in [-0.05, 0) is 48.2 Å². The van der Waals surface area contributed by atoms with Crippen LogP contribution in [-0.2, 0) is 11.2 Å². The second kappa shape index (κ2) is 5.77. The summed E-state index contributed by atoms with van der Waals surface area (Å²) in [4.78, 5) is 26.4. The molecule has 3 N–H and O–H groups in total. The summed E-state index contributed by atoms with van der Waals surface area (Å²) in [5, 5.41) is 7.02. The number of amides is 3. The highest BCUT2D eigenvalue weighted by Gasteiger charge is 2.55. The molecular formula is C15H21N3O2S. The van der Waals surface area contributed by atoms with Crippen LogP contribution in [-0.4, -0.2) is 35.5 Å². The molecule has 21 heavy (non-hydrogen) atoms. The van der Waals surface area contributed by atoms with Crippen molar-refractivity contribution >= 4 is 23.3 Å². The van der Waals surface area contributed by atoms with Crippen molar-refractivity contribution in [1.29, 1.82) is 0 Å². The highest BCUT2D eigenvalue weighted by atomic mass is 32.1. The second-order valence-corrected chi connectivity index (χ2v) is 6.70. The number of carbonyl (C=O) groups is 2. The van der Waals surface area contributed by atoms with Crippen LogP contribution in [0.2, 0.25) is 0 Å². The van der Waals surface area contributed by atoms with Gasteiger partial charge in [0.25, 0.3) is 5.91 Å². The van der Waals surface area contributed by atoms with Gasteiger partial charge in [-0.25, -0.2) is 4.79 Å². The summed E-state index contributed by atoms with van der Waals surface area (Å²) in [6, 6.07) is 1.78. The first-order valence-electron chi connectivity index (χ1n) is 7.52. The highest BCUT2D eigenvalue weighted by Crippen LogP contribution is 2.38. The Kier molecular flexibility index (Phi) is 3.99. The lowest BCUT2D eigenvalue weighted by Crippen LogP contribution is -2.57. The molecule has 5 nitrogen and oxygen atoms in total. The third-order valence-electron chi connectivity index (χ3n) is 4.76. The van der Waals surface area contributed by atoms with E-state index < -0.39 is 5.54 Å². The summed E-state index contributed by atoms with van der Waals surface area (Å²) in [5.74, 6) is -0.00766. The lowest BCUT2D eigenvalue weighted by Gasteiger charge is -2.38. The van der Waals surface area contributed by atoms with Crippen molar-refractivity contribution in [3.63, 3.8) is 0 Å². The third-order valence-corrected chi connectivity index (χ3v) is 5.49. The Bertz CT molecular complexity index is 531. The smallest absolute Gasteiger partial charge is 0.325 e. The SMILES string of the molecule is NCC1CCCCC12NC(=O)N(CCc1ccsc1)C2=O. The molecule has 1 spiro atoms. The molecule has 114 valence electrons. The lowest BCUT2D eigenvalue weighted by molar-refractivity contribution is -0.134. The van der Waals surface area contributed by atoms with Crippen LogP contribution in [0.15, 0.2) is 16.8 Å². The van der Waals surface area contributed by atoms with E-state index in [1.54, 1.807) is 11.3 Å². The van der Waals surface area contributed by atoms with Gasteiger partial charge in [0.15, 0.2) is 0 Å². The van der Waals surface area contributed by atoms with E-state index in [2.05, 4.69) is 10.7 Å². The van der Waals surface area contributed by atoms with E-state index in [0.717, 1.165) is 19.3 Å². The summed E-state index contributed by atoms with van der Waals surface area (Å²) in [6.45, 7) is 0.894. The molecule has 1 aromatic rings. The molecule has 2 unspecified atom stereocenters. The number of thiophene rings is 1. The standard InChI is InChI=1S/C15H21N3O2S/c16-9-12-3-1-2-6-15(12)13(19)18(14(20)17-15)7-4-11-5-8-21-10-11/h5,8,10,12H,1-4,6-7,9,16H2,(H,17,20). The van der Waals surface area contributed by atoms with Gasteiger partial charge in [0.1, 0.15) is 5.54 Å². The number of imide groups is 1. The van der Waals surface area contributed by atoms with Crippen LogP contribution in [0.5, 0.6) is 0 Å². The summed E-state index contributed by atoms with van der Waals surface area (Å²) in [7, 11) is 0. The zero-order valence-electron chi connectivity index (χ0n) is 12.0. The Balaban J connectivity index is 1.74. The number of carbonyl (C=O) groups excluding carboxylic acids is 2. The molecule has 1 aromatic heterocycles. The zero-order chi connectivity index (χ0) is 14.9. The van der Waals surface area contributed by atoms with Gasteiger partial charge < -0.3 is 11.1 Å². The third kappa shape index (κ3) is 2.46. The van der Waals surface area contributed by atoms with E-state index in [1.807, 2.05) is 11.4 Å². The number of hydrogen-bond donors (Lipinski definition) is 2. The maximum Gasteiger partial charge on any atom is 0.325 e. The average Bonchev–Trinajstić information content (AvgIpc) is 3.07. The molecule has 0 bridgehead atoms. The molecule has 6 heteroatoms. The van der Waals surface area contributed by atoms with Crippen LogP contribution >= 0.6 is 11.3 Å². The van der Waals surface area contributed by atoms with Crippen LogP contribution in [0, 0.1) is 5.92 Å². The molecule has 3 rings (SSSR count). The zero-order valence-corrected chi connectivity index (χ0v) is 12.8. The molecule has 0 radical (unpaired) electrons. The van der Waals surface area contributed by atoms with Crippen molar-refractivity contribution in [2.75, 3.05) is 13.1 Å². The van der Waals surface area contributed by atoms with Gasteiger partial charge in [0.05, 0.1) is 0 Å². The summed E-state index contributed by atoms with van der Waals surface area (Å²) in [5.41, 5.74) is 6.27. The molecule has 2 fully saturated rings. The highest BCUT2D eigenvalue weighted by molar-refractivity contribution is 7.07. The van der Waals surface area contributed by atoms with E-state index in [0.29, 0.717) is 25.9 Å². The summed E-state index contributed by atoms with van der Waals surface area (Å²) < 4.78 is 0. The Labute approximate surface area is 128 Å². The topological polar surface area (TPSA) is 75.4 Å². The minimum Gasteiger partial charge on any atom is -0.330 e. The number of hydrogen-bond acceptors (Lipinski definition) is 4. The van der Waals surface area contributed by atoms with Crippen molar-refractivity contribution in [2.45, 2.75) is 37.6 Å². The molecular weight excluding hydrogens is 286 g/mol. The van der Waals surface area contributed by atoms with Crippen molar-refractivity contribution in [3.8, 4) is 0 Å². The average molecular weight is 307 g/mol. The van der Waals surface area contributed by atoms with Gasteiger partial charge in [-0.15, -0.1) is 0 Å². The van der Waals surface area contributed by atoms with E-state index >= 15 is 0 Å². The first-order chi connectivity index (χ1) is 10.2. The Morgan fingerprint density at radius 3 is 3.00 bits per heavy atom. The molecule has 2 heterocycles. The molecule has 1 saturated heterocycles. The largest absolute Gasteiger partial charge is 0.330 e.